The minimum atomic E-state index is 0. The number of piperidine rings is 1. The summed E-state index contributed by atoms with van der Waals surface area (Å²) in [4.78, 5) is 26.3. The number of hydrogen-bond acceptors (Lipinski definition) is 8. The Morgan fingerprint density at radius 3 is 2.88 bits per heavy atom. The molecule has 32 heavy (non-hydrogen) atoms. The number of fused-ring (bicyclic) bond motifs is 2. The first-order valence-electron chi connectivity index (χ1n) is 10.4. The summed E-state index contributed by atoms with van der Waals surface area (Å²) in [6.45, 7) is 3.31. The second-order valence-corrected chi connectivity index (χ2v) is 9.93. The molecule has 0 bridgehead atoms. The van der Waals surface area contributed by atoms with E-state index in [1.54, 1.807) is 35.2 Å². The van der Waals surface area contributed by atoms with Crippen molar-refractivity contribution in [3.05, 3.63) is 37.2 Å². The molecule has 0 saturated carbocycles. The number of aromatic nitrogens is 6. The van der Waals surface area contributed by atoms with Crippen LogP contribution in [0.4, 0.5) is 5.13 Å². The Kier molecular flexibility index (Phi) is 5.62. The number of aromatic amines is 1. The van der Waals surface area contributed by atoms with Crippen LogP contribution in [0.3, 0.4) is 0 Å². The average Bonchev–Trinajstić information content (AvgIpc) is 3.56. The zero-order valence-corrected chi connectivity index (χ0v) is 20.1. The summed E-state index contributed by atoms with van der Waals surface area (Å²) in [5, 5.41) is 6.56. The minimum Gasteiger partial charge on any atom is -0.359 e. The zero-order valence-electron chi connectivity index (χ0n) is 17.6. The van der Waals surface area contributed by atoms with Crippen molar-refractivity contribution in [2.45, 2.75) is 31.8 Å². The Bertz CT molecular complexity index is 1320. The predicted molar refractivity (Wildman–Crippen MR) is 134 cm³/mol. The molecule has 6 heterocycles. The van der Waals surface area contributed by atoms with E-state index in [4.69, 9.17) is 15.0 Å². The molecule has 0 aromatic carbocycles. The number of hydrogen-bond donors (Lipinski definition) is 2. The fourth-order valence-electron chi connectivity index (χ4n) is 4.31. The van der Waals surface area contributed by atoms with E-state index in [0.717, 1.165) is 61.5 Å². The van der Waals surface area contributed by atoms with Crippen LogP contribution in [-0.2, 0) is 0 Å². The van der Waals surface area contributed by atoms with E-state index in [2.05, 4.69) is 40.2 Å². The number of thiazole rings is 2. The lowest BCUT2D eigenvalue weighted by atomic mass is 10.00. The lowest BCUT2D eigenvalue weighted by Gasteiger charge is -2.34. The lowest BCUT2D eigenvalue weighted by molar-refractivity contribution is 0.371. The summed E-state index contributed by atoms with van der Waals surface area (Å²) in [6, 6.07) is 3.13. The molecule has 0 spiro atoms. The zero-order chi connectivity index (χ0) is 20.9. The van der Waals surface area contributed by atoms with Crippen molar-refractivity contribution >= 4 is 60.8 Å². The fraction of sp³-hybridized carbons (Fsp3) is 0.333. The molecule has 8 nitrogen and oxygen atoms in total. The maximum Gasteiger partial charge on any atom is 0.188 e. The van der Waals surface area contributed by atoms with E-state index >= 15 is 0 Å². The Labute approximate surface area is 199 Å². The van der Waals surface area contributed by atoms with Crippen LogP contribution < -0.4 is 10.2 Å². The maximum absolute atomic E-state index is 4.91. The van der Waals surface area contributed by atoms with Gasteiger partial charge in [-0.2, -0.15) is 0 Å². The van der Waals surface area contributed by atoms with Gasteiger partial charge in [-0.05, 0) is 32.4 Å². The highest BCUT2D eigenvalue weighted by Gasteiger charge is 2.25. The summed E-state index contributed by atoms with van der Waals surface area (Å²) in [5.74, 6) is 0. The summed E-state index contributed by atoms with van der Waals surface area (Å²) in [5.41, 5.74) is 2.84. The molecule has 0 radical (unpaired) electrons. The van der Waals surface area contributed by atoms with Crippen molar-refractivity contribution in [3.63, 3.8) is 0 Å². The fourth-order valence-corrected chi connectivity index (χ4v) is 6.38. The van der Waals surface area contributed by atoms with Gasteiger partial charge < -0.3 is 19.8 Å². The number of nitrogens with one attached hydrogen (secondary N) is 2. The van der Waals surface area contributed by atoms with Crippen molar-refractivity contribution in [1.82, 2.24) is 34.8 Å². The number of halogens is 1. The number of nitrogens with zero attached hydrogens (tertiary/aromatic N) is 6. The minimum absolute atomic E-state index is 0. The van der Waals surface area contributed by atoms with Gasteiger partial charge in [0, 0.05) is 43.1 Å². The SMILES string of the molecule is C[C@@H]1C[C@@H](N(C)c2nc3sc(-c4ncc(-n5ccnc5)c5cc[nH]c45)nc3s2)CCN1.Cl. The molecular weight excluding hydrogens is 464 g/mol. The van der Waals surface area contributed by atoms with Crippen LogP contribution in [0.25, 0.3) is 37.0 Å². The molecule has 166 valence electrons. The molecule has 2 atom stereocenters. The van der Waals surface area contributed by atoms with Gasteiger partial charge >= 0.3 is 0 Å². The summed E-state index contributed by atoms with van der Waals surface area (Å²) < 4.78 is 1.97. The van der Waals surface area contributed by atoms with E-state index < -0.39 is 0 Å². The standard InChI is InChI=1S/C21H22N8S2.ClH/c1-12-9-13(3-5-23-12)28(2)21-27-20-19(31-21)26-18(30-20)17-16-14(4-6-24-16)15(10-25-17)29-8-7-22-11-29;/h4,6-8,10-13,23-24H,3,5,9H2,1-2H3;1H/t12-,13+;/m1./s1. The van der Waals surface area contributed by atoms with Crippen molar-refractivity contribution in [2.75, 3.05) is 18.5 Å². The molecule has 6 rings (SSSR count). The largest absolute Gasteiger partial charge is 0.359 e. The number of H-pyrrole nitrogens is 1. The summed E-state index contributed by atoms with van der Waals surface area (Å²) >= 11 is 3.27. The highest BCUT2D eigenvalue weighted by atomic mass is 35.5. The van der Waals surface area contributed by atoms with Gasteiger partial charge in [0.2, 0.25) is 0 Å². The van der Waals surface area contributed by atoms with Crippen LogP contribution in [0.5, 0.6) is 0 Å². The third-order valence-electron chi connectivity index (χ3n) is 5.97. The van der Waals surface area contributed by atoms with Gasteiger partial charge in [-0.3, -0.25) is 0 Å². The van der Waals surface area contributed by atoms with Crippen LogP contribution in [-0.4, -0.2) is 55.2 Å². The van der Waals surface area contributed by atoms with Crippen molar-refractivity contribution < 1.29 is 0 Å². The first-order valence-corrected chi connectivity index (χ1v) is 12.0. The molecule has 2 N–H and O–H groups in total. The molecule has 5 aromatic heterocycles. The molecule has 1 fully saturated rings. The molecule has 1 aliphatic rings. The van der Waals surface area contributed by atoms with Crippen molar-refractivity contribution in [1.29, 1.82) is 0 Å². The highest BCUT2D eigenvalue weighted by Crippen LogP contribution is 2.38. The molecule has 1 saturated heterocycles. The molecule has 5 aromatic rings. The lowest BCUT2D eigenvalue weighted by Crippen LogP contribution is -2.45. The number of imidazole rings is 1. The number of pyridine rings is 1. The maximum atomic E-state index is 4.91. The summed E-state index contributed by atoms with van der Waals surface area (Å²) in [7, 11) is 2.16. The average molecular weight is 487 g/mol. The Morgan fingerprint density at radius 1 is 1.22 bits per heavy atom. The van der Waals surface area contributed by atoms with Gasteiger partial charge in [-0.1, -0.05) is 22.7 Å². The van der Waals surface area contributed by atoms with Crippen molar-refractivity contribution in [3.8, 4) is 16.4 Å². The second kappa shape index (κ2) is 8.43. The van der Waals surface area contributed by atoms with Crippen molar-refractivity contribution in [2.24, 2.45) is 0 Å². The van der Waals surface area contributed by atoms with Crippen LogP contribution in [0, 0.1) is 0 Å². The molecule has 11 heteroatoms. The molecule has 0 amide bonds. The van der Waals surface area contributed by atoms with E-state index in [9.17, 15) is 0 Å². The normalized spacial score (nSPS) is 18.8. The predicted octanol–water partition coefficient (Wildman–Crippen LogP) is 4.48. The van der Waals surface area contributed by atoms with Gasteiger partial charge in [0.25, 0.3) is 0 Å². The topological polar surface area (TPSA) is 87.6 Å². The van der Waals surface area contributed by atoms with Gasteiger partial charge in [0.15, 0.2) is 14.8 Å². The second-order valence-electron chi connectivity index (χ2n) is 8.00. The summed E-state index contributed by atoms with van der Waals surface area (Å²) in [6.07, 6.45) is 11.6. The highest BCUT2D eigenvalue weighted by molar-refractivity contribution is 7.29. The molecule has 0 aliphatic carbocycles. The van der Waals surface area contributed by atoms with Crippen LogP contribution in [0.1, 0.15) is 19.8 Å². The first kappa shape index (κ1) is 21.3. The first-order chi connectivity index (χ1) is 15.2. The van der Waals surface area contributed by atoms with Crippen LogP contribution in [0.15, 0.2) is 37.2 Å². The Hall–Kier alpha value is -2.53. The monoisotopic (exact) mass is 486 g/mol. The Balaban J connectivity index is 0.00000216. The number of anilines is 1. The van der Waals surface area contributed by atoms with Gasteiger partial charge in [-0.25, -0.2) is 19.9 Å². The van der Waals surface area contributed by atoms with E-state index in [-0.39, 0.29) is 12.4 Å². The third kappa shape index (κ3) is 3.57. The van der Waals surface area contributed by atoms with Gasteiger partial charge in [-0.15, -0.1) is 12.4 Å². The van der Waals surface area contributed by atoms with Gasteiger partial charge in [0.05, 0.1) is 23.7 Å². The quantitative estimate of drug-likeness (QED) is 0.389. The molecule has 0 unspecified atom stereocenters. The van der Waals surface area contributed by atoms with E-state index in [1.807, 2.05) is 23.2 Å². The third-order valence-corrected chi connectivity index (χ3v) is 8.10. The van der Waals surface area contributed by atoms with Gasteiger partial charge in [0.1, 0.15) is 10.7 Å². The van der Waals surface area contributed by atoms with E-state index in [0.29, 0.717) is 12.1 Å². The van der Waals surface area contributed by atoms with Crippen LogP contribution in [0.2, 0.25) is 0 Å². The smallest absolute Gasteiger partial charge is 0.188 e. The van der Waals surface area contributed by atoms with Crippen LogP contribution >= 0.6 is 35.1 Å². The van der Waals surface area contributed by atoms with E-state index in [1.165, 1.54) is 0 Å². The number of rotatable bonds is 4. The molecular formula is C21H23ClN8S2. The molecule has 1 aliphatic heterocycles. The Morgan fingerprint density at radius 2 is 2.09 bits per heavy atom.